The Labute approximate surface area is 188 Å². The second-order valence-electron chi connectivity index (χ2n) is 9.38. The lowest BCUT2D eigenvalue weighted by Crippen LogP contribution is -2.32. The van der Waals surface area contributed by atoms with Crippen molar-refractivity contribution < 1.29 is 24.5 Å². The Balaban J connectivity index is 2.01. The predicted octanol–water partition coefficient (Wildman–Crippen LogP) is 4.30. The molecule has 3 rings (SSSR count). The molecule has 7 heteroatoms. The maximum absolute atomic E-state index is 12.5. The molecular formula is C25H33NO6. The fourth-order valence-corrected chi connectivity index (χ4v) is 4.25. The van der Waals surface area contributed by atoms with E-state index in [4.69, 9.17) is 14.6 Å². The highest BCUT2D eigenvalue weighted by Crippen LogP contribution is 2.45. The van der Waals surface area contributed by atoms with Gasteiger partial charge in [0.15, 0.2) is 16.9 Å². The first-order valence-corrected chi connectivity index (χ1v) is 11.1. The standard InChI is InChI=1S/C25H33NO6/c1-25(2,3)23-12-16-11-22(32-10-8-6-5-7-9-27)21(31-4)13-17(16)19-14-20(28)18(24(29)30)15-26(19)23/h11,13-15,23,27H,5-10,12H2,1-4H3,(H,29,30)/t23-/m0/s1. The van der Waals surface area contributed by atoms with Gasteiger partial charge in [-0.3, -0.25) is 4.79 Å². The monoisotopic (exact) mass is 443 g/mol. The quantitative estimate of drug-likeness (QED) is 0.561. The topological polar surface area (TPSA) is 98.0 Å². The molecule has 0 unspecified atom stereocenters. The lowest BCUT2D eigenvalue weighted by Gasteiger charge is -2.39. The van der Waals surface area contributed by atoms with Crippen LogP contribution in [0.15, 0.2) is 29.2 Å². The van der Waals surface area contributed by atoms with E-state index in [1.165, 1.54) is 12.3 Å². The lowest BCUT2D eigenvalue weighted by atomic mass is 9.78. The van der Waals surface area contributed by atoms with Gasteiger partial charge in [0.05, 0.1) is 19.4 Å². The molecule has 1 aliphatic heterocycles. The number of carboxylic acids is 1. The third-order valence-corrected chi connectivity index (χ3v) is 6.03. The van der Waals surface area contributed by atoms with Crippen LogP contribution >= 0.6 is 0 Å². The fraction of sp³-hybridized carbons (Fsp3) is 0.520. The average Bonchev–Trinajstić information content (AvgIpc) is 2.73. The van der Waals surface area contributed by atoms with Gasteiger partial charge in [0, 0.05) is 30.5 Å². The zero-order valence-corrected chi connectivity index (χ0v) is 19.3. The van der Waals surface area contributed by atoms with Crippen LogP contribution in [0.1, 0.15) is 68.4 Å². The summed E-state index contributed by atoms with van der Waals surface area (Å²) in [5.41, 5.74) is 1.70. The van der Waals surface area contributed by atoms with Crippen molar-refractivity contribution in [2.45, 2.75) is 58.9 Å². The number of aliphatic hydroxyl groups is 1. The van der Waals surface area contributed by atoms with Crippen molar-refractivity contribution in [3.63, 3.8) is 0 Å². The van der Waals surface area contributed by atoms with Gasteiger partial charge < -0.3 is 24.3 Å². The number of rotatable bonds is 9. The van der Waals surface area contributed by atoms with Crippen LogP contribution in [-0.4, -0.2) is 41.1 Å². The summed E-state index contributed by atoms with van der Waals surface area (Å²) in [5.74, 6) is 0.0257. The van der Waals surface area contributed by atoms with Gasteiger partial charge in [-0.2, -0.15) is 0 Å². The lowest BCUT2D eigenvalue weighted by molar-refractivity contribution is 0.0693. The fourth-order valence-electron chi connectivity index (χ4n) is 4.25. The average molecular weight is 444 g/mol. The molecule has 2 N–H and O–H groups in total. The van der Waals surface area contributed by atoms with Gasteiger partial charge in [-0.15, -0.1) is 0 Å². The maximum atomic E-state index is 12.5. The molecule has 2 heterocycles. The van der Waals surface area contributed by atoms with Crippen LogP contribution in [0.5, 0.6) is 11.5 Å². The molecular weight excluding hydrogens is 410 g/mol. The van der Waals surface area contributed by atoms with Crippen molar-refractivity contribution in [3.8, 4) is 22.8 Å². The number of carbonyl (C=O) groups is 1. The normalized spacial score (nSPS) is 15.1. The largest absolute Gasteiger partial charge is 0.493 e. The van der Waals surface area contributed by atoms with E-state index >= 15 is 0 Å². The van der Waals surface area contributed by atoms with E-state index in [1.807, 2.05) is 16.7 Å². The smallest absolute Gasteiger partial charge is 0.341 e. The van der Waals surface area contributed by atoms with Crippen molar-refractivity contribution in [1.82, 2.24) is 4.57 Å². The van der Waals surface area contributed by atoms with Crippen LogP contribution in [0.4, 0.5) is 0 Å². The van der Waals surface area contributed by atoms with Crippen molar-refractivity contribution in [2.24, 2.45) is 5.41 Å². The summed E-state index contributed by atoms with van der Waals surface area (Å²) in [6.45, 7) is 7.10. The highest BCUT2D eigenvalue weighted by Gasteiger charge is 2.34. The van der Waals surface area contributed by atoms with Gasteiger partial charge in [0.1, 0.15) is 5.56 Å². The van der Waals surface area contributed by atoms with Gasteiger partial charge in [-0.25, -0.2) is 4.79 Å². The molecule has 0 radical (unpaired) electrons. The minimum absolute atomic E-state index is 0.0246. The number of unbranched alkanes of at least 4 members (excludes halogenated alkanes) is 3. The van der Waals surface area contributed by atoms with Crippen molar-refractivity contribution in [1.29, 1.82) is 0 Å². The van der Waals surface area contributed by atoms with Crippen molar-refractivity contribution in [2.75, 3.05) is 20.3 Å². The SMILES string of the molecule is COc1cc2c(cc1OCCCCCCO)C[C@@H](C(C)(C)C)n1cc(C(=O)O)c(=O)cc1-2. The molecule has 1 aromatic heterocycles. The Morgan fingerprint density at radius 2 is 1.84 bits per heavy atom. The molecule has 1 aliphatic rings. The number of aromatic carboxylic acids is 1. The summed E-state index contributed by atoms with van der Waals surface area (Å²) in [5, 5.41) is 18.3. The van der Waals surface area contributed by atoms with E-state index in [-0.39, 0.29) is 23.6 Å². The van der Waals surface area contributed by atoms with Gasteiger partial charge in [-0.1, -0.05) is 27.2 Å². The third kappa shape index (κ3) is 4.99. The number of pyridine rings is 1. The molecule has 0 saturated heterocycles. The van der Waals surface area contributed by atoms with Crippen LogP contribution in [0.2, 0.25) is 0 Å². The molecule has 0 bridgehead atoms. The minimum atomic E-state index is -1.22. The number of aliphatic hydroxyl groups excluding tert-OH is 1. The zero-order chi connectivity index (χ0) is 23.5. The molecule has 32 heavy (non-hydrogen) atoms. The van der Waals surface area contributed by atoms with Crippen LogP contribution in [0.3, 0.4) is 0 Å². The maximum Gasteiger partial charge on any atom is 0.341 e. The molecule has 0 fully saturated rings. The van der Waals surface area contributed by atoms with Crippen molar-refractivity contribution in [3.05, 3.63) is 45.7 Å². The van der Waals surface area contributed by atoms with Crippen molar-refractivity contribution >= 4 is 5.97 Å². The number of aromatic nitrogens is 1. The highest BCUT2D eigenvalue weighted by atomic mass is 16.5. The van der Waals surface area contributed by atoms with Gasteiger partial charge in [0.2, 0.25) is 0 Å². The Morgan fingerprint density at radius 1 is 1.12 bits per heavy atom. The Bertz CT molecular complexity index is 1030. The van der Waals surface area contributed by atoms with Crippen LogP contribution < -0.4 is 14.9 Å². The first-order valence-electron chi connectivity index (χ1n) is 11.1. The highest BCUT2D eigenvalue weighted by molar-refractivity contribution is 5.88. The number of benzene rings is 1. The second kappa shape index (κ2) is 9.77. The number of methoxy groups -OCH3 is 1. The zero-order valence-electron chi connectivity index (χ0n) is 19.3. The van der Waals surface area contributed by atoms with Crippen LogP contribution in [-0.2, 0) is 6.42 Å². The molecule has 1 aromatic carbocycles. The van der Waals surface area contributed by atoms with E-state index < -0.39 is 11.4 Å². The molecule has 0 saturated carbocycles. The third-order valence-electron chi connectivity index (χ3n) is 6.03. The molecule has 1 atom stereocenters. The van der Waals surface area contributed by atoms with Gasteiger partial charge >= 0.3 is 5.97 Å². The summed E-state index contributed by atoms with van der Waals surface area (Å²) >= 11 is 0. The van der Waals surface area contributed by atoms with E-state index in [9.17, 15) is 14.7 Å². The van der Waals surface area contributed by atoms with E-state index in [0.29, 0.717) is 30.2 Å². The number of ether oxygens (including phenoxy) is 2. The van der Waals surface area contributed by atoms with Gasteiger partial charge in [-0.05, 0) is 48.8 Å². The molecule has 174 valence electrons. The summed E-state index contributed by atoms with van der Waals surface area (Å²) in [6.07, 6.45) is 5.81. The summed E-state index contributed by atoms with van der Waals surface area (Å²) in [4.78, 5) is 24.1. The number of carboxylic acid groups (broad SMARTS) is 1. The first kappa shape index (κ1) is 23.9. The number of fused-ring (bicyclic) bond motifs is 3. The molecule has 7 nitrogen and oxygen atoms in total. The first-order chi connectivity index (χ1) is 15.2. The van der Waals surface area contributed by atoms with Crippen LogP contribution in [0.25, 0.3) is 11.3 Å². The summed E-state index contributed by atoms with van der Waals surface area (Å²) in [6, 6.07) is 5.26. The number of hydrogen-bond acceptors (Lipinski definition) is 5. The number of nitrogens with zero attached hydrogens (tertiary/aromatic N) is 1. The Kier molecular flexibility index (Phi) is 7.29. The number of hydrogen-bond donors (Lipinski definition) is 2. The van der Waals surface area contributed by atoms with E-state index in [2.05, 4.69) is 20.8 Å². The Hall–Kier alpha value is -2.80. The van der Waals surface area contributed by atoms with Crippen LogP contribution in [0, 0.1) is 5.41 Å². The summed E-state index contributed by atoms with van der Waals surface area (Å²) in [7, 11) is 1.58. The molecule has 0 spiro atoms. The van der Waals surface area contributed by atoms with Gasteiger partial charge in [0.25, 0.3) is 0 Å². The Morgan fingerprint density at radius 3 is 2.47 bits per heavy atom. The molecule has 2 aromatic rings. The predicted molar refractivity (Wildman–Crippen MR) is 123 cm³/mol. The molecule has 0 amide bonds. The molecule has 0 aliphatic carbocycles. The minimum Gasteiger partial charge on any atom is -0.493 e. The van der Waals surface area contributed by atoms with E-state index in [1.54, 1.807) is 7.11 Å². The summed E-state index contributed by atoms with van der Waals surface area (Å²) < 4.78 is 13.5. The van der Waals surface area contributed by atoms with E-state index in [0.717, 1.165) is 36.8 Å². The second-order valence-corrected chi connectivity index (χ2v) is 9.38.